The van der Waals surface area contributed by atoms with E-state index in [1.54, 1.807) is 24.5 Å². The lowest BCUT2D eigenvalue weighted by Gasteiger charge is -2.05. The normalized spacial score (nSPS) is 11.0. The van der Waals surface area contributed by atoms with Crippen LogP contribution in [0, 0.1) is 0 Å². The standard InChI is InChI=1S/C11H10BClN6O2/c13-11-18-9(14)8-10(19-11)17-7(16-8)5-21-12(20)6-1-3-15-4-2-6/h1-4,20H,5H2,(H3,14,16,17,18,19). The molecule has 0 saturated heterocycles. The van der Waals surface area contributed by atoms with Gasteiger partial charge in [0.15, 0.2) is 11.5 Å². The summed E-state index contributed by atoms with van der Waals surface area (Å²) in [7, 11) is -1.08. The van der Waals surface area contributed by atoms with Crippen molar-refractivity contribution in [2.45, 2.75) is 6.61 Å². The molecule has 0 aliphatic heterocycles. The highest BCUT2D eigenvalue weighted by atomic mass is 35.5. The molecule has 0 aromatic carbocycles. The molecule has 0 bridgehead atoms. The summed E-state index contributed by atoms with van der Waals surface area (Å²) in [6.45, 7) is 0.0525. The van der Waals surface area contributed by atoms with Gasteiger partial charge < -0.3 is 20.4 Å². The van der Waals surface area contributed by atoms with Crippen LogP contribution in [0.3, 0.4) is 0 Å². The Morgan fingerprint density at radius 3 is 2.81 bits per heavy atom. The Morgan fingerprint density at radius 1 is 1.29 bits per heavy atom. The maximum absolute atomic E-state index is 9.89. The number of hydrogen-bond acceptors (Lipinski definition) is 7. The number of pyridine rings is 1. The second-order valence-electron chi connectivity index (χ2n) is 4.20. The molecule has 0 saturated carbocycles. The lowest BCUT2D eigenvalue weighted by atomic mass is 9.80. The highest BCUT2D eigenvalue weighted by Crippen LogP contribution is 2.17. The minimum absolute atomic E-state index is 0.0239. The Labute approximate surface area is 124 Å². The van der Waals surface area contributed by atoms with Gasteiger partial charge in [0.1, 0.15) is 11.3 Å². The quantitative estimate of drug-likeness (QED) is 0.454. The van der Waals surface area contributed by atoms with Crippen LogP contribution in [-0.4, -0.2) is 37.1 Å². The molecule has 0 aliphatic rings. The van der Waals surface area contributed by atoms with Gasteiger partial charge in [0.2, 0.25) is 5.28 Å². The summed E-state index contributed by atoms with van der Waals surface area (Å²) >= 11 is 5.71. The third kappa shape index (κ3) is 2.94. The fourth-order valence-corrected chi connectivity index (χ4v) is 1.96. The molecule has 3 aromatic heterocycles. The molecule has 3 heterocycles. The van der Waals surface area contributed by atoms with Crippen molar-refractivity contribution < 1.29 is 9.68 Å². The van der Waals surface area contributed by atoms with E-state index >= 15 is 0 Å². The zero-order chi connectivity index (χ0) is 14.8. The van der Waals surface area contributed by atoms with Gasteiger partial charge in [0.05, 0.1) is 6.61 Å². The van der Waals surface area contributed by atoms with Gasteiger partial charge >= 0.3 is 7.12 Å². The van der Waals surface area contributed by atoms with Crippen molar-refractivity contribution in [1.82, 2.24) is 24.9 Å². The van der Waals surface area contributed by atoms with Crippen molar-refractivity contribution in [3.8, 4) is 0 Å². The number of aromatic amines is 1. The van der Waals surface area contributed by atoms with Crippen LogP contribution >= 0.6 is 11.6 Å². The van der Waals surface area contributed by atoms with E-state index < -0.39 is 7.12 Å². The predicted octanol–water partition coefficient (Wildman–Crippen LogP) is -0.112. The van der Waals surface area contributed by atoms with Gasteiger partial charge in [-0.25, -0.2) is 4.98 Å². The topological polar surface area (TPSA) is 123 Å². The number of nitrogens with zero attached hydrogens (tertiary/aromatic N) is 4. The molecule has 0 unspecified atom stereocenters. The summed E-state index contributed by atoms with van der Waals surface area (Å²) in [5.41, 5.74) is 7.15. The van der Waals surface area contributed by atoms with Crippen LogP contribution in [0.15, 0.2) is 24.5 Å². The third-order valence-corrected chi connectivity index (χ3v) is 2.94. The van der Waals surface area contributed by atoms with E-state index in [0.717, 1.165) is 0 Å². The van der Waals surface area contributed by atoms with E-state index in [9.17, 15) is 5.02 Å². The Bertz CT molecular complexity index is 768. The highest BCUT2D eigenvalue weighted by Gasteiger charge is 2.17. The molecule has 0 amide bonds. The molecule has 21 heavy (non-hydrogen) atoms. The van der Waals surface area contributed by atoms with E-state index in [-0.39, 0.29) is 17.7 Å². The summed E-state index contributed by atoms with van der Waals surface area (Å²) in [5, 5.41) is 9.91. The average molecular weight is 305 g/mol. The number of aromatic nitrogens is 5. The summed E-state index contributed by atoms with van der Waals surface area (Å²) in [4.78, 5) is 18.7. The molecule has 0 atom stereocenters. The second-order valence-corrected chi connectivity index (χ2v) is 4.54. The summed E-state index contributed by atoms with van der Waals surface area (Å²) in [5.74, 6) is 0.666. The van der Waals surface area contributed by atoms with Gasteiger partial charge in [-0.1, -0.05) is 0 Å². The van der Waals surface area contributed by atoms with E-state index in [4.69, 9.17) is 22.0 Å². The minimum Gasteiger partial charge on any atom is -0.423 e. The van der Waals surface area contributed by atoms with Gasteiger partial charge in [0, 0.05) is 12.4 Å². The summed E-state index contributed by atoms with van der Waals surface area (Å²) in [6.07, 6.45) is 3.14. The molecule has 0 aliphatic carbocycles. The van der Waals surface area contributed by atoms with Gasteiger partial charge in [-0.3, -0.25) is 4.98 Å². The first-order valence-corrected chi connectivity index (χ1v) is 6.38. The number of hydrogen-bond donors (Lipinski definition) is 3. The number of rotatable bonds is 4. The molecule has 0 fully saturated rings. The van der Waals surface area contributed by atoms with Crippen molar-refractivity contribution in [2.24, 2.45) is 0 Å². The van der Waals surface area contributed by atoms with E-state index in [1.807, 2.05) is 0 Å². The smallest absolute Gasteiger partial charge is 0.423 e. The molecule has 4 N–H and O–H groups in total. The second kappa shape index (κ2) is 5.64. The Hall–Kier alpha value is -2.23. The van der Waals surface area contributed by atoms with Crippen LogP contribution in [0.4, 0.5) is 5.82 Å². The first-order valence-electron chi connectivity index (χ1n) is 6.00. The summed E-state index contributed by atoms with van der Waals surface area (Å²) in [6, 6.07) is 3.32. The van der Waals surface area contributed by atoms with Crippen molar-refractivity contribution in [3.05, 3.63) is 35.6 Å². The van der Waals surface area contributed by atoms with E-state index in [2.05, 4.69) is 24.9 Å². The molecule has 106 valence electrons. The number of nitrogens with two attached hydrogens (primary N) is 1. The van der Waals surface area contributed by atoms with E-state index in [1.165, 1.54) is 0 Å². The molecule has 10 heteroatoms. The minimum atomic E-state index is -1.08. The number of nitrogens with one attached hydrogen (secondary N) is 1. The van der Waals surface area contributed by atoms with Gasteiger partial charge in [-0.2, -0.15) is 9.97 Å². The molecule has 8 nitrogen and oxygen atoms in total. The van der Waals surface area contributed by atoms with Crippen LogP contribution in [-0.2, 0) is 11.3 Å². The maximum Gasteiger partial charge on any atom is 0.491 e. The lowest BCUT2D eigenvalue weighted by molar-refractivity contribution is 0.252. The van der Waals surface area contributed by atoms with Crippen molar-refractivity contribution >= 4 is 41.2 Å². The molecule has 0 spiro atoms. The number of anilines is 1. The average Bonchev–Trinajstić information content (AvgIpc) is 2.89. The lowest BCUT2D eigenvalue weighted by Crippen LogP contribution is -2.33. The van der Waals surface area contributed by atoms with Crippen LogP contribution in [0.5, 0.6) is 0 Å². The highest BCUT2D eigenvalue weighted by molar-refractivity contribution is 6.59. The van der Waals surface area contributed by atoms with Crippen LogP contribution in [0.2, 0.25) is 5.28 Å². The van der Waals surface area contributed by atoms with Crippen LogP contribution in [0.25, 0.3) is 11.2 Å². The third-order valence-electron chi connectivity index (χ3n) is 2.77. The van der Waals surface area contributed by atoms with Crippen LogP contribution in [0.1, 0.15) is 5.82 Å². The monoisotopic (exact) mass is 304 g/mol. The molecule has 3 rings (SSSR count). The fourth-order valence-electron chi connectivity index (χ4n) is 1.79. The van der Waals surface area contributed by atoms with Crippen LogP contribution < -0.4 is 11.2 Å². The number of halogens is 1. The molecule has 0 radical (unpaired) electrons. The zero-order valence-electron chi connectivity index (χ0n) is 10.7. The van der Waals surface area contributed by atoms with Crippen molar-refractivity contribution in [1.29, 1.82) is 0 Å². The van der Waals surface area contributed by atoms with Crippen molar-refractivity contribution in [3.63, 3.8) is 0 Å². The predicted molar refractivity (Wildman–Crippen MR) is 77.7 cm³/mol. The number of H-pyrrole nitrogens is 1. The van der Waals surface area contributed by atoms with E-state index in [0.29, 0.717) is 22.5 Å². The Kier molecular flexibility index (Phi) is 3.69. The van der Waals surface area contributed by atoms with Gasteiger partial charge in [-0.05, 0) is 29.2 Å². The first-order chi connectivity index (χ1) is 10.1. The Balaban J connectivity index is 1.75. The van der Waals surface area contributed by atoms with Crippen molar-refractivity contribution in [2.75, 3.05) is 5.73 Å². The molecule has 3 aromatic rings. The summed E-state index contributed by atoms with van der Waals surface area (Å²) < 4.78 is 5.33. The maximum atomic E-state index is 9.89. The Morgan fingerprint density at radius 2 is 2.05 bits per heavy atom. The first kappa shape index (κ1) is 13.7. The number of fused-ring (bicyclic) bond motifs is 1. The zero-order valence-corrected chi connectivity index (χ0v) is 11.4. The SMILES string of the molecule is Nc1nc(Cl)nc2nc(COB(O)c3ccncc3)[nH]c12. The number of nitrogen functional groups attached to an aromatic ring is 1. The number of imidazole rings is 1. The largest absolute Gasteiger partial charge is 0.491 e. The fraction of sp³-hybridized carbons (Fsp3) is 0.0909. The van der Waals surface area contributed by atoms with Gasteiger partial charge in [0.25, 0.3) is 0 Å². The molecular weight excluding hydrogens is 294 g/mol. The van der Waals surface area contributed by atoms with Gasteiger partial charge in [-0.15, -0.1) is 0 Å². The molecular formula is C11H10BClN6O2.